The summed E-state index contributed by atoms with van der Waals surface area (Å²) in [7, 11) is 1.81. The second-order valence-electron chi connectivity index (χ2n) is 4.98. The van der Waals surface area contributed by atoms with Crippen molar-refractivity contribution in [2.75, 3.05) is 23.1 Å². The number of allylic oxidation sites excluding steroid dienone is 1. The summed E-state index contributed by atoms with van der Waals surface area (Å²) in [6.45, 7) is 7.21. The van der Waals surface area contributed by atoms with Gasteiger partial charge in [0.05, 0.1) is 5.69 Å². The van der Waals surface area contributed by atoms with Crippen LogP contribution in [-0.2, 0) is 0 Å². The molecule has 1 aromatic heterocycles. The van der Waals surface area contributed by atoms with Crippen LogP contribution in [0.5, 0.6) is 0 Å². The SMILES string of the molecule is C=C/C=N\N(C)c1cccc(Nc2nc(N)c(F)cc2C(=C)N)c1. The fourth-order valence-corrected chi connectivity index (χ4v) is 1.98. The number of hydrogen-bond acceptors (Lipinski definition) is 6. The standard InChI is InChI=1S/C17H19FN6/c1-4-8-21-24(3)13-7-5-6-12(9-13)22-17-14(11(2)19)10-15(18)16(20)23-17/h4-10H,1-2,19H2,3H3,(H3,20,22,23)/b21-8-. The van der Waals surface area contributed by atoms with Gasteiger partial charge in [0.1, 0.15) is 5.82 Å². The van der Waals surface area contributed by atoms with Crippen molar-refractivity contribution in [3.8, 4) is 0 Å². The largest absolute Gasteiger partial charge is 0.399 e. The first-order valence-corrected chi connectivity index (χ1v) is 7.09. The first-order chi connectivity index (χ1) is 11.4. The van der Waals surface area contributed by atoms with Crippen LogP contribution in [0.2, 0.25) is 0 Å². The van der Waals surface area contributed by atoms with E-state index in [1.807, 2.05) is 24.3 Å². The number of aromatic nitrogens is 1. The first kappa shape index (κ1) is 17.0. The van der Waals surface area contributed by atoms with E-state index in [2.05, 4.69) is 28.6 Å². The molecule has 7 heteroatoms. The molecule has 6 nitrogen and oxygen atoms in total. The molecule has 0 unspecified atom stereocenters. The number of pyridine rings is 1. The van der Waals surface area contributed by atoms with Gasteiger partial charge in [-0.15, -0.1) is 0 Å². The maximum absolute atomic E-state index is 13.6. The molecule has 0 aliphatic rings. The van der Waals surface area contributed by atoms with Gasteiger partial charge in [0.25, 0.3) is 0 Å². The van der Waals surface area contributed by atoms with Gasteiger partial charge in [0, 0.05) is 30.2 Å². The van der Waals surface area contributed by atoms with Gasteiger partial charge in [-0.25, -0.2) is 9.37 Å². The summed E-state index contributed by atoms with van der Waals surface area (Å²) in [5.41, 5.74) is 13.3. The Kier molecular flexibility index (Phi) is 5.16. The number of nitrogens with two attached hydrogens (primary N) is 2. The minimum Gasteiger partial charge on any atom is -0.399 e. The van der Waals surface area contributed by atoms with Crippen LogP contribution in [0.4, 0.5) is 27.4 Å². The van der Waals surface area contributed by atoms with Crippen LogP contribution in [0.25, 0.3) is 5.70 Å². The number of hydrogen-bond donors (Lipinski definition) is 3. The third kappa shape index (κ3) is 3.89. The summed E-state index contributed by atoms with van der Waals surface area (Å²) in [5, 5.41) is 8.93. The zero-order chi connectivity index (χ0) is 17.7. The van der Waals surface area contributed by atoms with Crippen molar-refractivity contribution in [1.29, 1.82) is 0 Å². The van der Waals surface area contributed by atoms with E-state index in [9.17, 15) is 4.39 Å². The smallest absolute Gasteiger partial charge is 0.166 e. The van der Waals surface area contributed by atoms with E-state index in [4.69, 9.17) is 11.5 Å². The third-order valence-corrected chi connectivity index (χ3v) is 3.18. The van der Waals surface area contributed by atoms with Gasteiger partial charge in [0.2, 0.25) is 0 Å². The average molecular weight is 326 g/mol. The third-order valence-electron chi connectivity index (χ3n) is 3.18. The normalized spacial score (nSPS) is 10.6. The molecule has 0 radical (unpaired) electrons. The maximum atomic E-state index is 13.6. The molecule has 24 heavy (non-hydrogen) atoms. The predicted octanol–water partition coefficient (Wildman–Crippen LogP) is 3.08. The van der Waals surface area contributed by atoms with Crippen LogP contribution in [-0.4, -0.2) is 18.2 Å². The molecule has 124 valence electrons. The van der Waals surface area contributed by atoms with E-state index in [0.717, 1.165) is 5.69 Å². The minimum atomic E-state index is -0.644. The van der Waals surface area contributed by atoms with E-state index in [0.29, 0.717) is 17.1 Å². The number of rotatable bonds is 6. The Morgan fingerprint density at radius 3 is 2.83 bits per heavy atom. The van der Waals surface area contributed by atoms with Gasteiger partial charge in [-0.3, -0.25) is 5.01 Å². The monoisotopic (exact) mass is 326 g/mol. The maximum Gasteiger partial charge on any atom is 0.166 e. The highest BCUT2D eigenvalue weighted by Gasteiger charge is 2.12. The number of nitrogens with one attached hydrogen (secondary N) is 1. The van der Waals surface area contributed by atoms with E-state index >= 15 is 0 Å². The second kappa shape index (κ2) is 7.28. The summed E-state index contributed by atoms with van der Waals surface area (Å²) >= 11 is 0. The van der Waals surface area contributed by atoms with Crippen LogP contribution in [0.1, 0.15) is 5.56 Å². The van der Waals surface area contributed by atoms with Crippen molar-refractivity contribution in [3.63, 3.8) is 0 Å². The highest BCUT2D eigenvalue weighted by atomic mass is 19.1. The molecule has 5 N–H and O–H groups in total. The lowest BCUT2D eigenvalue weighted by Gasteiger charge is -2.16. The predicted molar refractivity (Wildman–Crippen MR) is 98.6 cm³/mol. The fraction of sp³-hybridized carbons (Fsp3) is 0.0588. The van der Waals surface area contributed by atoms with Crippen LogP contribution in [0.3, 0.4) is 0 Å². The van der Waals surface area contributed by atoms with Gasteiger partial charge in [0.15, 0.2) is 11.6 Å². The van der Waals surface area contributed by atoms with Gasteiger partial charge in [-0.05, 0) is 30.3 Å². The molecular weight excluding hydrogens is 307 g/mol. The Morgan fingerprint density at radius 2 is 2.17 bits per heavy atom. The number of nitrogen functional groups attached to an aromatic ring is 1. The molecule has 2 rings (SSSR count). The minimum absolute atomic E-state index is 0.188. The quantitative estimate of drug-likeness (QED) is 0.560. The number of nitrogens with zero attached hydrogens (tertiary/aromatic N) is 3. The number of halogens is 1. The Labute approximate surface area is 140 Å². The molecule has 2 aromatic rings. The summed E-state index contributed by atoms with van der Waals surface area (Å²) in [4.78, 5) is 4.01. The topological polar surface area (TPSA) is 92.6 Å². The summed E-state index contributed by atoms with van der Waals surface area (Å²) in [6, 6.07) is 8.63. The Morgan fingerprint density at radius 1 is 1.42 bits per heavy atom. The molecule has 0 saturated heterocycles. The van der Waals surface area contributed by atoms with Crippen molar-refractivity contribution in [2.24, 2.45) is 10.8 Å². The summed E-state index contributed by atoms with van der Waals surface area (Å²) in [6.07, 6.45) is 3.17. The molecule has 0 fully saturated rings. The molecule has 0 aliphatic heterocycles. The van der Waals surface area contributed by atoms with E-state index in [-0.39, 0.29) is 11.5 Å². The van der Waals surface area contributed by atoms with E-state index < -0.39 is 5.82 Å². The Bertz CT molecular complexity index is 800. The molecule has 1 heterocycles. The van der Waals surface area contributed by atoms with Crippen molar-refractivity contribution in [2.45, 2.75) is 0 Å². The van der Waals surface area contributed by atoms with Crippen LogP contribution in [0, 0.1) is 5.82 Å². The first-order valence-electron chi connectivity index (χ1n) is 7.09. The molecule has 0 aliphatic carbocycles. The van der Waals surface area contributed by atoms with Gasteiger partial charge >= 0.3 is 0 Å². The van der Waals surface area contributed by atoms with E-state index in [1.165, 1.54) is 6.07 Å². The lowest BCUT2D eigenvalue weighted by molar-refractivity contribution is 0.627. The lowest BCUT2D eigenvalue weighted by atomic mass is 10.2. The number of hydrazone groups is 1. The van der Waals surface area contributed by atoms with Gasteiger partial charge < -0.3 is 16.8 Å². The molecule has 0 saturated carbocycles. The molecule has 0 spiro atoms. The molecule has 0 amide bonds. The molecule has 0 bridgehead atoms. The summed E-state index contributed by atoms with van der Waals surface area (Å²) in [5.74, 6) is -0.531. The Balaban J connectivity index is 2.35. The Hall–Kier alpha value is -3.35. The van der Waals surface area contributed by atoms with E-state index in [1.54, 1.807) is 24.3 Å². The van der Waals surface area contributed by atoms with Gasteiger partial charge in [-0.1, -0.05) is 19.2 Å². The molecular formula is C17H19FN6. The van der Waals surface area contributed by atoms with Crippen molar-refractivity contribution >= 4 is 34.9 Å². The van der Waals surface area contributed by atoms with Crippen molar-refractivity contribution in [1.82, 2.24) is 4.98 Å². The van der Waals surface area contributed by atoms with Crippen LogP contribution in [0.15, 0.2) is 54.7 Å². The zero-order valence-electron chi connectivity index (χ0n) is 13.3. The van der Waals surface area contributed by atoms with Gasteiger partial charge in [-0.2, -0.15) is 5.10 Å². The van der Waals surface area contributed by atoms with Crippen LogP contribution >= 0.6 is 0 Å². The number of benzene rings is 1. The highest BCUT2D eigenvalue weighted by Crippen LogP contribution is 2.27. The zero-order valence-corrected chi connectivity index (χ0v) is 13.3. The van der Waals surface area contributed by atoms with Crippen molar-refractivity contribution < 1.29 is 4.39 Å². The van der Waals surface area contributed by atoms with Crippen LogP contribution < -0.4 is 21.8 Å². The fourth-order valence-electron chi connectivity index (χ4n) is 1.98. The van der Waals surface area contributed by atoms with Crippen molar-refractivity contribution in [3.05, 3.63) is 60.9 Å². The number of anilines is 4. The molecule has 1 aromatic carbocycles. The summed E-state index contributed by atoms with van der Waals surface area (Å²) < 4.78 is 13.6. The lowest BCUT2D eigenvalue weighted by Crippen LogP contribution is -2.09. The average Bonchev–Trinajstić information content (AvgIpc) is 2.55. The second-order valence-corrected chi connectivity index (χ2v) is 4.98. The highest BCUT2D eigenvalue weighted by molar-refractivity contribution is 5.76. The molecule has 0 atom stereocenters.